The van der Waals surface area contributed by atoms with E-state index in [-0.39, 0.29) is 12.1 Å². The van der Waals surface area contributed by atoms with E-state index in [0.717, 1.165) is 23.8 Å². The lowest BCUT2D eigenvalue weighted by Crippen LogP contribution is -2.42. The maximum atomic E-state index is 6.25. The molecule has 0 saturated heterocycles. The van der Waals surface area contributed by atoms with E-state index in [1.165, 1.54) is 17.7 Å². The molecule has 0 saturated carbocycles. The highest BCUT2D eigenvalue weighted by atomic mass is 32.2. The number of nitrogens with two attached hydrogens (primary N) is 1. The molecule has 0 aromatic heterocycles. The Kier molecular flexibility index (Phi) is 4.95. The molecule has 1 aliphatic heterocycles. The predicted molar refractivity (Wildman–Crippen MR) is 78.2 cm³/mol. The van der Waals surface area contributed by atoms with Crippen molar-refractivity contribution in [3.63, 3.8) is 0 Å². The smallest absolute Gasteiger partial charge is 0.133 e. The summed E-state index contributed by atoms with van der Waals surface area (Å²) in [4.78, 5) is 1.24. The fourth-order valence-corrected chi connectivity index (χ4v) is 3.29. The number of hydrogen-bond donors (Lipinski definition) is 1. The van der Waals surface area contributed by atoms with Crippen LogP contribution < -0.4 is 10.5 Å². The van der Waals surface area contributed by atoms with Gasteiger partial charge in [0.2, 0.25) is 0 Å². The molecule has 2 rings (SSSR count). The van der Waals surface area contributed by atoms with Crippen molar-refractivity contribution >= 4 is 11.8 Å². The fourth-order valence-electron chi connectivity index (χ4n) is 2.19. The molecule has 2 N–H and O–H groups in total. The van der Waals surface area contributed by atoms with E-state index in [4.69, 9.17) is 10.5 Å². The summed E-state index contributed by atoms with van der Waals surface area (Å²) in [5, 5.41) is 0. The average Bonchev–Trinajstić information content (AvgIpc) is 2.37. The molecule has 2 atom stereocenters. The van der Waals surface area contributed by atoms with Crippen LogP contribution in [-0.4, -0.2) is 17.9 Å². The van der Waals surface area contributed by atoms with E-state index < -0.39 is 0 Å². The maximum absolute atomic E-state index is 6.25. The van der Waals surface area contributed by atoms with Gasteiger partial charge in [-0.3, -0.25) is 0 Å². The second-order valence-corrected chi connectivity index (χ2v) is 6.46. The van der Waals surface area contributed by atoms with Gasteiger partial charge in [0.05, 0.1) is 0 Å². The molecule has 18 heavy (non-hydrogen) atoms. The van der Waals surface area contributed by atoms with Crippen molar-refractivity contribution in [3.8, 4) is 5.75 Å². The molecule has 0 amide bonds. The summed E-state index contributed by atoms with van der Waals surface area (Å²) in [6, 6.07) is 8.38. The van der Waals surface area contributed by atoms with Crippen LogP contribution in [0.15, 0.2) is 29.2 Å². The molecule has 0 spiro atoms. The summed E-state index contributed by atoms with van der Waals surface area (Å²) in [6.07, 6.45) is 3.68. The third-order valence-corrected chi connectivity index (χ3v) is 4.47. The van der Waals surface area contributed by atoms with Crippen molar-refractivity contribution in [2.45, 2.75) is 50.2 Å². The highest BCUT2D eigenvalue weighted by molar-refractivity contribution is 7.99. The molecule has 1 aromatic rings. The van der Waals surface area contributed by atoms with Crippen molar-refractivity contribution in [3.05, 3.63) is 24.3 Å². The minimum atomic E-state index is 0.157. The lowest BCUT2D eigenvalue weighted by Gasteiger charge is -2.29. The molecule has 0 bridgehead atoms. The SMILES string of the molecule is CC(C)CCCC(N)C1CSc2ccccc2O1. The Labute approximate surface area is 114 Å². The normalized spacial score (nSPS) is 20.3. The summed E-state index contributed by atoms with van der Waals surface area (Å²) in [7, 11) is 0. The van der Waals surface area contributed by atoms with Crippen LogP contribution in [0.25, 0.3) is 0 Å². The van der Waals surface area contributed by atoms with Crippen molar-refractivity contribution in [2.24, 2.45) is 11.7 Å². The van der Waals surface area contributed by atoms with Gasteiger partial charge in [-0.25, -0.2) is 0 Å². The zero-order valence-corrected chi connectivity index (χ0v) is 12.1. The lowest BCUT2D eigenvalue weighted by atomic mass is 10.0. The van der Waals surface area contributed by atoms with Crippen LogP contribution in [0, 0.1) is 5.92 Å². The second kappa shape index (κ2) is 6.48. The van der Waals surface area contributed by atoms with Crippen LogP contribution in [0.5, 0.6) is 5.75 Å². The number of rotatable bonds is 5. The molecule has 1 aromatic carbocycles. The van der Waals surface area contributed by atoms with Gasteiger partial charge in [-0.2, -0.15) is 0 Å². The van der Waals surface area contributed by atoms with E-state index in [2.05, 4.69) is 26.0 Å². The molecule has 2 nitrogen and oxygen atoms in total. The molecule has 100 valence electrons. The first-order chi connectivity index (χ1) is 8.66. The third kappa shape index (κ3) is 3.66. The highest BCUT2D eigenvalue weighted by Gasteiger charge is 2.25. The van der Waals surface area contributed by atoms with Crippen LogP contribution >= 0.6 is 11.8 Å². The average molecular weight is 265 g/mol. The summed E-state index contributed by atoms with van der Waals surface area (Å²) in [5.41, 5.74) is 6.25. The van der Waals surface area contributed by atoms with E-state index >= 15 is 0 Å². The Morgan fingerprint density at radius 1 is 1.33 bits per heavy atom. The number of fused-ring (bicyclic) bond motifs is 1. The summed E-state index contributed by atoms with van der Waals surface area (Å²) < 4.78 is 6.01. The van der Waals surface area contributed by atoms with Gasteiger partial charge < -0.3 is 10.5 Å². The fraction of sp³-hybridized carbons (Fsp3) is 0.600. The van der Waals surface area contributed by atoms with Gasteiger partial charge in [-0.1, -0.05) is 38.8 Å². The Bertz CT molecular complexity index is 381. The first-order valence-corrected chi connectivity index (χ1v) is 7.79. The van der Waals surface area contributed by atoms with Crippen LogP contribution in [0.1, 0.15) is 33.1 Å². The number of para-hydroxylation sites is 1. The number of ether oxygens (including phenoxy) is 1. The molecule has 1 heterocycles. The van der Waals surface area contributed by atoms with Crippen molar-refractivity contribution in [2.75, 3.05) is 5.75 Å². The summed E-state index contributed by atoms with van der Waals surface area (Å²) >= 11 is 1.86. The molecule has 0 fully saturated rings. The topological polar surface area (TPSA) is 35.2 Å². The number of hydrogen-bond acceptors (Lipinski definition) is 3. The summed E-state index contributed by atoms with van der Waals surface area (Å²) in [6.45, 7) is 4.52. The Morgan fingerprint density at radius 2 is 2.11 bits per heavy atom. The van der Waals surface area contributed by atoms with Crippen LogP contribution in [0.3, 0.4) is 0 Å². The quantitative estimate of drug-likeness (QED) is 0.882. The number of thioether (sulfide) groups is 1. The molecule has 3 heteroatoms. The van der Waals surface area contributed by atoms with Crippen LogP contribution in [-0.2, 0) is 0 Å². The van der Waals surface area contributed by atoms with Crippen molar-refractivity contribution < 1.29 is 4.74 Å². The maximum Gasteiger partial charge on any atom is 0.133 e. The lowest BCUT2D eigenvalue weighted by molar-refractivity contribution is 0.177. The summed E-state index contributed by atoms with van der Waals surface area (Å²) in [5.74, 6) is 2.73. The molecule has 0 aliphatic carbocycles. The van der Waals surface area contributed by atoms with E-state index in [1.807, 2.05) is 23.9 Å². The van der Waals surface area contributed by atoms with Crippen molar-refractivity contribution in [1.29, 1.82) is 0 Å². The van der Waals surface area contributed by atoms with Gasteiger partial charge in [0.1, 0.15) is 11.9 Å². The zero-order chi connectivity index (χ0) is 13.0. The predicted octanol–water partition coefficient (Wildman–Crippen LogP) is 3.69. The minimum Gasteiger partial charge on any atom is -0.487 e. The Balaban J connectivity index is 1.84. The zero-order valence-electron chi connectivity index (χ0n) is 11.3. The van der Waals surface area contributed by atoms with Gasteiger partial charge in [0, 0.05) is 16.7 Å². The van der Waals surface area contributed by atoms with Crippen LogP contribution in [0.4, 0.5) is 0 Å². The first kappa shape index (κ1) is 13.8. The van der Waals surface area contributed by atoms with Crippen LogP contribution in [0.2, 0.25) is 0 Å². The van der Waals surface area contributed by atoms with Gasteiger partial charge in [0.15, 0.2) is 0 Å². The van der Waals surface area contributed by atoms with Gasteiger partial charge in [-0.05, 0) is 24.5 Å². The first-order valence-electron chi connectivity index (χ1n) is 6.81. The standard InChI is InChI=1S/C15H23NOS/c1-11(2)6-5-7-12(16)14-10-18-15-9-4-3-8-13(15)17-14/h3-4,8-9,11-12,14H,5-7,10,16H2,1-2H3. The largest absolute Gasteiger partial charge is 0.487 e. The molecular formula is C15H23NOS. The van der Waals surface area contributed by atoms with Gasteiger partial charge in [-0.15, -0.1) is 11.8 Å². The third-order valence-electron chi connectivity index (χ3n) is 3.33. The second-order valence-electron chi connectivity index (χ2n) is 5.40. The Hall–Kier alpha value is -0.670. The number of benzene rings is 1. The molecule has 0 radical (unpaired) electrons. The molecule has 1 aliphatic rings. The molecular weight excluding hydrogens is 242 g/mol. The molecule has 2 unspecified atom stereocenters. The minimum absolute atomic E-state index is 0.157. The monoisotopic (exact) mass is 265 g/mol. The highest BCUT2D eigenvalue weighted by Crippen LogP contribution is 2.35. The Morgan fingerprint density at radius 3 is 2.89 bits per heavy atom. The van der Waals surface area contributed by atoms with E-state index in [0.29, 0.717) is 0 Å². The van der Waals surface area contributed by atoms with Gasteiger partial charge in [0.25, 0.3) is 0 Å². The van der Waals surface area contributed by atoms with E-state index in [9.17, 15) is 0 Å². The van der Waals surface area contributed by atoms with Crippen molar-refractivity contribution in [1.82, 2.24) is 0 Å². The van der Waals surface area contributed by atoms with Gasteiger partial charge >= 0.3 is 0 Å². The van der Waals surface area contributed by atoms with E-state index in [1.54, 1.807) is 0 Å².